The fourth-order valence-corrected chi connectivity index (χ4v) is 6.94. The smallest absolute Gasteiger partial charge is 0.255 e. The van der Waals surface area contributed by atoms with Gasteiger partial charge in [-0.25, -0.2) is 0 Å². The highest BCUT2D eigenvalue weighted by molar-refractivity contribution is 6.24. The molecule has 0 bridgehead atoms. The van der Waals surface area contributed by atoms with Crippen LogP contribution in [0.1, 0.15) is 55.6 Å². The molecule has 0 saturated heterocycles. The van der Waals surface area contributed by atoms with Gasteiger partial charge in [0, 0.05) is 31.1 Å². The number of benzene rings is 1. The van der Waals surface area contributed by atoms with Crippen LogP contribution in [0.2, 0.25) is 0 Å². The zero-order valence-electron chi connectivity index (χ0n) is 24.1. The van der Waals surface area contributed by atoms with E-state index in [2.05, 4.69) is 32.6 Å². The molecule has 10 nitrogen and oxygen atoms in total. The molecule has 218 valence electrons. The number of nitrogens with zero attached hydrogens (tertiary/aromatic N) is 2. The first-order valence-electron chi connectivity index (χ1n) is 13.8. The van der Waals surface area contributed by atoms with Gasteiger partial charge >= 0.3 is 0 Å². The first-order chi connectivity index (χ1) is 18.6. The third-order valence-corrected chi connectivity index (χ3v) is 8.34. The molecule has 6 N–H and O–H groups in total. The third-order valence-electron chi connectivity index (χ3n) is 8.34. The first kappa shape index (κ1) is 29.8. The molecule has 3 aliphatic carbocycles. The van der Waals surface area contributed by atoms with Crippen LogP contribution in [0.5, 0.6) is 5.75 Å². The van der Waals surface area contributed by atoms with Crippen molar-refractivity contribution in [3.05, 3.63) is 51.5 Å². The van der Waals surface area contributed by atoms with E-state index in [4.69, 9.17) is 5.73 Å². The number of carbonyl (C=O) groups excluding carboxylic acids is 3. The molecule has 40 heavy (non-hydrogen) atoms. The molecule has 4 rings (SSSR count). The minimum Gasteiger partial charge on any atom is -0.510 e. The van der Waals surface area contributed by atoms with Crippen LogP contribution in [0.4, 0.5) is 0 Å². The number of phenolic OH excluding ortho intramolecular Hbond substituents is 1. The summed E-state index contributed by atoms with van der Waals surface area (Å²) in [6.07, 6.45) is 0.359. The topological polar surface area (TPSA) is 165 Å². The fourth-order valence-electron chi connectivity index (χ4n) is 6.94. The molecular weight excluding hydrogens is 514 g/mol. The van der Waals surface area contributed by atoms with E-state index in [0.717, 1.165) is 18.7 Å². The number of hydrogen-bond donors (Lipinski definition) is 5. The van der Waals surface area contributed by atoms with Crippen LogP contribution in [-0.4, -0.2) is 86.5 Å². The Morgan fingerprint density at radius 3 is 2.20 bits per heavy atom. The van der Waals surface area contributed by atoms with E-state index in [-0.39, 0.29) is 29.7 Å². The summed E-state index contributed by atoms with van der Waals surface area (Å²) < 4.78 is 0. The number of ketones is 2. The van der Waals surface area contributed by atoms with Gasteiger partial charge < -0.3 is 26.2 Å². The van der Waals surface area contributed by atoms with Gasteiger partial charge in [0.15, 0.2) is 11.4 Å². The average molecular weight is 556 g/mol. The van der Waals surface area contributed by atoms with E-state index in [9.17, 15) is 34.8 Å². The molecule has 1 aromatic carbocycles. The van der Waals surface area contributed by atoms with E-state index >= 15 is 0 Å². The Morgan fingerprint density at radius 1 is 1.07 bits per heavy atom. The number of carbonyl (C=O) groups is 3. The quantitative estimate of drug-likeness (QED) is 0.303. The number of nitrogens with two attached hydrogens (primary N) is 1. The minimum atomic E-state index is -2.64. The molecule has 0 aromatic heterocycles. The van der Waals surface area contributed by atoms with Crippen molar-refractivity contribution in [3.8, 4) is 5.75 Å². The second kappa shape index (κ2) is 10.6. The van der Waals surface area contributed by atoms with E-state index in [1.807, 2.05) is 6.07 Å². The molecular formula is C30H41N3O7. The predicted molar refractivity (Wildman–Crippen MR) is 149 cm³/mol. The molecule has 1 amide bonds. The molecule has 0 radical (unpaired) electrons. The van der Waals surface area contributed by atoms with Crippen LogP contribution in [0.15, 0.2) is 34.8 Å². The van der Waals surface area contributed by atoms with Gasteiger partial charge in [-0.05, 0) is 61.9 Å². The number of fused-ring (bicyclic) bond motifs is 3. The Bertz CT molecular complexity index is 1300. The lowest BCUT2D eigenvalue weighted by Crippen LogP contribution is -2.63. The molecule has 10 heteroatoms. The highest BCUT2D eigenvalue weighted by Crippen LogP contribution is 2.52. The summed E-state index contributed by atoms with van der Waals surface area (Å²) in [5.74, 6) is -5.59. The number of aliphatic hydroxyl groups is 3. The molecule has 0 fully saturated rings. The van der Waals surface area contributed by atoms with Crippen LogP contribution in [0.3, 0.4) is 0 Å². The van der Waals surface area contributed by atoms with Crippen LogP contribution in [0.25, 0.3) is 0 Å². The molecule has 4 atom stereocenters. The zero-order valence-corrected chi connectivity index (χ0v) is 24.1. The lowest BCUT2D eigenvalue weighted by Gasteiger charge is -2.50. The largest absolute Gasteiger partial charge is 0.510 e. The Hall–Kier alpha value is -3.21. The number of phenols is 1. The number of Topliss-reactive ketones (excluding diaryl/α,β-unsaturated/α-hetero) is 2. The summed E-state index contributed by atoms with van der Waals surface area (Å²) in [6, 6.07) is 2.28. The Labute approximate surface area is 234 Å². The van der Waals surface area contributed by atoms with E-state index in [1.165, 1.54) is 6.07 Å². The van der Waals surface area contributed by atoms with E-state index in [1.54, 1.807) is 19.0 Å². The van der Waals surface area contributed by atoms with Crippen molar-refractivity contribution in [2.75, 3.05) is 27.2 Å². The van der Waals surface area contributed by atoms with Gasteiger partial charge in [0.25, 0.3) is 5.91 Å². The van der Waals surface area contributed by atoms with Gasteiger partial charge in [-0.3, -0.25) is 24.2 Å². The SMILES string of the molecule is CC(C)CN(Cc1ccc(O)c2c1C[C@H]1C[C@H]3C(N(C)C)C(O)=C(C(N)=O)C(=O)[C@@]3(O)C(O)=C1C2=O)CC(C)C. The highest BCUT2D eigenvalue weighted by Gasteiger charge is 2.63. The number of rotatable bonds is 8. The molecule has 3 aliphatic rings. The van der Waals surface area contributed by atoms with Gasteiger partial charge in [-0.2, -0.15) is 0 Å². The number of aromatic hydroxyl groups is 1. The van der Waals surface area contributed by atoms with Gasteiger partial charge in [0.05, 0.1) is 11.6 Å². The Kier molecular flexibility index (Phi) is 7.92. The van der Waals surface area contributed by atoms with Crippen molar-refractivity contribution in [1.29, 1.82) is 0 Å². The normalized spacial score (nSPS) is 26.6. The monoisotopic (exact) mass is 555 g/mol. The summed E-state index contributed by atoms with van der Waals surface area (Å²) in [4.78, 5) is 43.3. The number of aliphatic hydroxyl groups excluding tert-OH is 2. The van der Waals surface area contributed by atoms with E-state index in [0.29, 0.717) is 23.9 Å². The summed E-state index contributed by atoms with van der Waals surface area (Å²) >= 11 is 0. The van der Waals surface area contributed by atoms with Crippen molar-refractivity contribution in [3.63, 3.8) is 0 Å². The molecule has 0 spiro atoms. The van der Waals surface area contributed by atoms with Crippen molar-refractivity contribution in [2.45, 2.75) is 58.7 Å². The molecule has 1 unspecified atom stereocenters. The zero-order chi connectivity index (χ0) is 29.8. The third kappa shape index (κ3) is 4.71. The molecule has 0 saturated carbocycles. The second-order valence-electron chi connectivity index (χ2n) is 12.5. The fraction of sp³-hybridized carbons (Fsp3) is 0.567. The maximum absolute atomic E-state index is 13.9. The standard InChI is InChI=1S/C30H41N3O7/c1-14(2)11-33(12-15(3)4)13-16-7-8-20(34)22-18(16)9-17-10-19-24(32(5)6)26(36)23(29(31)39)28(38)30(19,40)27(37)21(17)25(22)35/h7-8,14-15,17,19,24,34,36-37,40H,9-13H2,1-6H3,(H2,31,39)/t17-,19-,24?,30-/m0/s1. The van der Waals surface area contributed by atoms with Crippen LogP contribution in [-0.2, 0) is 22.6 Å². The lowest BCUT2D eigenvalue weighted by molar-refractivity contribution is -0.148. The van der Waals surface area contributed by atoms with Gasteiger partial charge in [0.1, 0.15) is 22.8 Å². The summed E-state index contributed by atoms with van der Waals surface area (Å²) in [5, 5.41) is 44.9. The average Bonchev–Trinajstić information content (AvgIpc) is 2.81. The number of amides is 1. The number of allylic oxidation sites excluding steroid dienone is 1. The van der Waals surface area contributed by atoms with Crippen molar-refractivity contribution >= 4 is 17.5 Å². The number of primary amides is 1. The number of hydrogen-bond acceptors (Lipinski definition) is 9. The summed E-state index contributed by atoms with van der Waals surface area (Å²) in [7, 11) is 3.23. The Morgan fingerprint density at radius 2 is 1.68 bits per heavy atom. The maximum Gasteiger partial charge on any atom is 0.255 e. The summed E-state index contributed by atoms with van der Waals surface area (Å²) in [5.41, 5.74) is 3.41. The lowest BCUT2D eigenvalue weighted by atomic mass is 9.58. The molecule has 0 heterocycles. The van der Waals surface area contributed by atoms with Crippen molar-refractivity contribution in [1.82, 2.24) is 9.80 Å². The molecule has 1 aromatic rings. The van der Waals surface area contributed by atoms with Gasteiger partial charge in [-0.15, -0.1) is 0 Å². The van der Waals surface area contributed by atoms with Crippen molar-refractivity contribution < 1.29 is 34.8 Å². The maximum atomic E-state index is 13.9. The van der Waals surface area contributed by atoms with Crippen LogP contribution in [0, 0.1) is 23.7 Å². The van der Waals surface area contributed by atoms with Crippen molar-refractivity contribution in [2.24, 2.45) is 29.4 Å². The van der Waals surface area contributed by atoms with Gasteiger partial charge in [0.2, 0.25) is 5.78 Å². The Balaban J connectivity index is 1.85. The predicted octanol–water partition coefficient (Wildman–Crippen LogP) is 2.23. The van der Waals surface area contributed by atoms with Gasteiger partial charge in [-0.1, -0.05) is 33.8 Å². The van der Waals surface area contributed by atoms with Crippen LogP contribution >= 0.6 is 0 Å². The van der Waals surface area contributed by atoms with Crippen LogP contribution < -0.4 is 5.73 Å². The van der Waals surface area contributed by atoms with E-state index < -0.39 is 58.0 Å². The molecule has 0 aliphatic heterocycles. The first-order valence-corrected chi connectivity index (χ1v) is 13.8. The number of likely N-dealkylation sites (N-methyl/N-ethyl adjacent to an activating group) is 1. The second-order valence-corrected chi connectivity index (χ2v) is 12.5. The summed E-state index contributed by atoms with van der Waals surface area (Å²) in [6.45, 7) is 10.9. The minimum absolute atomic E-state index is 0.0484. The highest BCUT2D eigenvalue weighted by atomic mass is 16.3.